The number of ether oxygens (including phenoxy) is 2. The number of carboxylic acids is 1. The molecule has 4 rings (SSSR count). The molecule has 0 aromatic heterocycles. The molecule has 0 amide bonds. The van der Waals surface area contributed by atoms with Crippen LogP contribution in [0.1, 0.15) is 71.2 Å². The van der Waals surface area contributed by atoms with Gasteiger partial charge in [-0.1, -0.05) is 0 Å². The van der Waals surface area contributed by atoms with Crippen LogP contribution >= 0.6 is 0 Å². The monoisotopic (exact) mass is 542 g/mol. The van der Waals surface area contributed by atoms with Gasteiger partial charge in [-0.2, -0.15) is 0 Å². The quantitative estimate of drug-likeness (QED) is 0.299. The molecule has 210 valence electrons. The lowest BCUT2D eigenvalue weighted by Crippen LogP contribution is -2.44. The lowest BCUT2D eigenvalue weighted by atomic mass is 9.87. The fourth-order valence-electron chi connectivity index (χ4n) is 5.29. The van der Waals surface area contributed by atoms with E-state index in [9.17, 15) is 34.9 Å². The van der Waals surface area contributed by atoms with Gasteiger partial charge in [-0.25, -0.2) is 4.79 Å². The van der Waals surface area contributed by atoms with Crippen molar-refractivity contribution in [2.75, 3.05) is 0 Å². The van der Waals surface area contributed by atoms with Gasteiger partial charge in [0.05, 0.1) is 9.85 Å². The molecule has 0 aliphatic carbocycles. The van der Waals surface area contributed by atoms with Gasteiger partial charge >= 0.3 is 5.97 Å². The van der Waals surface area contributed by atoms with Crippen LogP contribution in [0.3, 0.4) is 0 Å². The number of nitro benzene ring substituents is 2. The van der Waals surface area contributed by atoms with Crippen molar-refractivity contribution in [1.29, 1.82) is 0 Å². The lowest BCUT2D eigenvalue weighted by Gasteiger charge is -2.34. The Morgan fingerprint density at radius 1 is 0.769 bits per heavy atom. The zero-order valence-corrected chi connectivity index (χ0v) is 23.5. The molecule has 39 heavy (non-hydrogen) atoms. The number of nitrogens with zero attached hydrogens (tertiary/aromatic N) is 2. The van der Waals surface area contributed by atoms with Crippen molar-refractivity contribution in [2.45, 2.75) is 92.3 Å². The maximum absolute atomic E-state index is 11.3. The second-order valence-electron chi connectivity index (χ2n) is 10.7. The van der Waals surface area contributed by atoms with Gasteiger partial charge < -0.3 is 14.6 Å². The largest absolute Gasteiger partial charge is 0.480 e. The fourth-order valence-corrected chi connectivity index (χ4v) is 5.29. The van der Waals surface area contributed by atoms with Crippen molar-refractivity contribution in [2.24, 2.45) is 0 Å². The van der Waals surface area contributed by atoms with E-state index in [-0.39, 0.29) is 21.2 Å². The molecule has 0 spiro atoms. The summed E-state index contributed by atoms with van der Waals surface area (Å²) in [6.45, 7) is 13.6. The van der Waals surface area contributed by atoms with Crippen LogP contribution in [0.15, 0.2) is 0 Å². The first-order valence-electron chi connectivity index (χ1n) is 12.6. The highest BCUT2D eigenvalue weighted by molar-refractivity contribution is 5.78. The summed E-state index contributed by atoms with van der Waals surface area (Å²) in [5.74, 6) is 0.111. The Morgan fingerprint density at radius 3 is 1.56 bits per heavy atom. The van der Waals surface area contributed by atoms with Gasteiger partial charge in [0.25, 0.3) is 11.4 Å². The van der Waals surface area contributed by atoms with Crippen LogP contribution < -0.4 is 9.47 Å². The average molecular weight is 543 g/mol. The van der Waals surface area contributed by atoms with E-state index in [1.165, 1.54) is 6.92 Å². The van der Waals surface area contributed by atoms with Crippen LogP contribution in [0.2, 0.25) is 0 Å². The van der Waals surface area contributed by atoms with Gasteiger partial charge in [-0.15, -0.1) is 0 Å². The number of benzene rings is 2. The summed E-state index contributed by atoms with van der Waals surface area (Å²) >= 11 is 0. The second-order valence-corrected chi connectivity index (χ2v) is 10.7. The molecule has 2 aliphatic rings. The van der Waals surface area contributed by atoms with Crippen molar-refractivity contribution in [3.05, 3.63) is 64.7 Å². The van der Waals surface area contributed by atoms with Gasteiger partial charge in [0.15, 0.2) is 11.9 Å². The van der Waals surface area contributed by atoms with E-state index >= 15 is 0 Å². The van der Waals surface area contributed by atoms with Crippen LogP contribution in [0.4, 0.5) is 11.4 Å². The summed E-state index contributed by atoms with van der Waals surface area (Å²) in [5, 5.41) is 31.6. The summed E-state index contributed by atoms with van der Waals surface area (Å²) in [5.41, 5.74) is 3.52. The minimum absolute atomic E-state index is 0.101. The molecule has 2 heterocycles. The Kier molecular flexibility index (Phi) is 7.78. The zero-order valence-electron chi connectivity index (χ0n) is 23.5. The molecule has 2 unspecified atom stereocenters. The summed E-state index contributed by atoms with van der Waals surface area (Å²) in [7, 11) is 0. The Bertz CT molecular complexity index is 1420. The summed E-state index contributed by atoms with van der Waals surface area (Å²) in [6, 6.07) is 0. The first kappa shape index (κ1) is 29.5. The molecular formula is C28H34N2O9. The molecule has 2 atom stereocenters. The minimum Gasteiger partial charge on any atom is -0.480 e. The van der Waals surface area contributed by atoms with Gasteiger partial charge in [0, 0.05) is 50.9 Å². The first-order chi connectivity index (χ1) is 18.0. The molecule has 11 nitrogen and oxygen atoms in total. The number of aliphatic carboxylic acids is 1. The van der Waals surface area contributed by atoms with Gasteiger partial charge in [0.2, 0.25) is 5.60 Å². The smallest absolute Gasteiger partial charge is 0.347 e. The number of carbonyl (C=O) groups is 2. The Morgan fingerprint density at radius 2 is 1.18 bits per heavy atom. The van der Waals surface area contributed by atoms with E-state index in [1.54, 1.807) is 48.5 Å². The minimum atomic E-state index is -1.27. The van der Waals surface area contributed by atoms with Crippen molar-refractivity contribution < 1.29 is 34.0 Å². The predicted molar refractivity (Wildman–Crippen MR) is 143 cm³/mol. The average Bonchev–Trinajstić information content (AvgIpc) is 2.86. The van der Waals surface area contributed by atoms with E-state index in [0.717, 1.165) is 23.0 Å². The van der Waals surface area contributed by atoms with Crippen LogP contribution in [-0.4, -0.2) is 38.4 Å². The Hall–Kier alpha value is -4.02. The normalized spacial score (nSPS) is 21.2. The Balaban J connectivity index is 0.000000216. The van der Waals surface area contributed by atoms with E-state index in [2.05, 4.69) is 0 Å². The van der Waals surface area contributed by atoms with Crippen LogP contribution in [-0.2, 0) is 22.4 Å². The summed E-state index contributed by atoms with van der Waals surface area (Å²) in [6.07, 6.45) is 2.74. The SMILES string of the molecule is Cc1c(C)c([N+](=O)[O-])c(C)c2c1OC(C)(C(=O)O)CC2.Cc1c(C)c([N+](=O)[O-])c(C)c2c1OC(C)(C=O)CC2. The van der Waals surface area contributed by atoms with Crippen molar-refractivity contribution in [3.63, 3.8) is 0 Å². The van der Waals surface area contributed by atoms with Gasteiger partial charge in [0.1, 0.15) is 11.5 Å². The van der Waals surface area contributed by atoms with Crippen molar-refractivity contribution in [3.8, 4) is 11.5 Å². The van der Waals surface area contributed by atoms with Crippen LogP contribution in [0.25, 0.3) is 0 Å². The molecule has 0 radical (unpaired) electrons. The third kappa shape index (κ3) is 5.05. The molecule has 2 aromatic carbocycles. The van der Waals surface area contributed by atoms with E-state index < -0.39 is 17.2 Å². The molecule has 0 fully saturated rings. The van der Waals surface area contributed by atoms with Crippen molar-refractivity contribution in [1.82, 2.24) is 0 Å². The third-order valence-corrected chi connectivity index (χ3v) is 8.13. The number of hydrogen-bond donors (Lipinski definition) is 1. The highest BCUT2D eigenvalue weighted by Gasteiger charge is 2.42. The maximum atomic E-state index is 11.3. The van der Waals surface area contributed by atoms with Crippen LogP contribution in [0.5, 0.6) is 11.5 Å². The standard InChI is InChI=1S/C14H17NO5.C14H17NO4/c1-7-8(2)12-10(9(3)11(7)15(18)19)5-6-14(4,20-12)13(16)17;1-8-9(2)13-11(10(3)12(8)15(17)18)5-6-14(4,7-16)19-13/h5-6H2,1-4H3,(H,16,17);7H,5-6H2,1-4H3. The number of aldehydes is 1. The summed E-state index contributed by atoms with van der Waals surface area (Å²) < 4.78 is 11.5. The molecule has 0 saturated carbocycles. The lowest BCUT2D eigenvalue weighted by molar-refractivity contribution is -0.386. The highest BCUT2D eigenvalue weighted by Crippen LogP contribution is 2.44. The third-order valence-electron chi connectivity index (χ3n) is 8.13. The number of carboxylic acid groups (broad SMARTS) is 1. The fraction of sp³-hybridized carbons (Fsp3) is 0.500. The number of nitro groups is 2. The molecule has 2 aromatic rings. The first-order valence-corrected chi connectivity index (χ1v) is 12.6. The van der Waals surface area contributed by atoms with Gasteiger partial charge in [-0.3, -0.25) is 25.0 Å². The van der Waals surface area contributed by atoms with E-state index in [1.807, 2.05) is 0 Å². The predicted octanol–water partition coefficient (Wildman–Crippen LogP) is 5.49. The second kappa shape index (κ2) is 10.3. The molecule has 1 N–H and O–H groups in total. The van der Waals surface area contributed by atoms with Crippen LogP contribution in [0, 0.1) is 61.8 Å². The maximum Gasteiger partial charge on any atom is 0.347 e. The molecule has 0 saturated heterocycles. The van der Waals surface area contributed by atoms with Gasteiger partial charge in [-0.05, 0) is 74.7 Å². The molecule has 11 heteroatoms. The number of hydrogen-bond acceptors (Lipinski definition) is 8. The van der Waals surface area contributed by atoms with Crippen molar-refractivity contribution >= 4 is 23.6 Å². The Labute approximate surface area is 226 Å². The topological polar surface area (TPSA) is 159 Å². The number of fused-ring (bicyclic) bond motifs is 2. The molecule has 2 aliphatic heterocycles. The van der Waals surface area contributed by atoms with E-state index in [0.29, 0.717) is 65.0 Å². The summed E-state index contributed by atoms with van der Waals surface area (Å²) in [4.78, 5) is 44.1. The number of rotatable bonds is 4. The zero-order chi connectivity index (χ0) is 29.6. The molecular weight excluding hydrogens is 508 g/mol. The number of carbonyl (C=O) groups excluding carboxylic acids is 1. The van der Waals surface area contributed by atoms with E-state index in [4.69, 9.17) is 9.47 Å². The highest BCUT2D eigenvalue weighted by atomic mass is 16.6. The molecule has 0 bridgehead atoms.